The Hall–Kier alpha value is -3.44. The van der Waals surface area contributed by atoms with Crippen LogP contribution in [0, 0.1) is 6.92 Å². The van der Waals surface area contributed by atoms with Crippen LogP contribution < -0.4 is 5.32 Å². The van der Waals surface area contributed by atoms with Gasteiger partial charge in [-0.15, -0.1) is 0 Å². The Bertz CT molecular complexity index is 1050. The SMILES string of the molecule is CCOC(=O)c1sc(NC(c2ccccc2)(c2ccccc2)c2ccccc2)nc1C. The summed E-state index contributed by atoms with van der Waals surface area (Å²) in [5, 5.41) is 4.36. The van der Waals surface area contributed by atoms with E-state index in [0.29, 0.717) is 22.3 Å². The van der Waals surface area contributed by atoms with Crippen LogP contribution in [-0.4, -0.2) is 17.6 Å². The van der Waals surface area contributed by atoms with Gasteiger partial charge in [0.15, 0.2) is 5.13 Å². The normalized spacial score (nSPS) is 11.2. The standard InChI is InChI=1S/C26H24N2O2S/c1-3-30-24(29)23-19(2)27-25(31-23)28-26(20-13-7-4-8-14-20,21-15-9-5-10-16-21)22-17-11-6-12-18-22/h4-18H,3H2,1-2H3,(H,27,28). The summed E-state index contributed by atoms with van der Waals surface area (Å²) < 4.78 is 5.21. The molecule has 4 nitrogen and oxygen atoms in total. The van der Waals surface area contributed by atoms with Gasteiger partial charge in [0.2, 0.25) is 0 Å². The maximum atomic E-state index is 12.4. The van der Waals surface area contributed by atoms with Crippen LogP contribution in [0.1, 0.15) is 39.0 Å². The fourth-order valence-electron chi connectivity index (χ4n) is 3.78. The molecule has 1 N–H and O–H groups in total. The quantitative estimate of drug-likeness (QED) is 0.288. The third kappa shape index (κ3) is 4.09. The maximum Gasteiger partial charge on any atom is 0.350 e. The van der Waals surface area contributed by atoms with Crippen molar-refractivity contribution in [1.29, 1.82) is 0 Å². The molecule has 0 spiro atoms. The van der Waals surface area contributed by atoms with Crippen molar-refractivity contribution < 1.29 is 9.53 Å². The number of aromatic nitrogens is 1. The van der Waals surface area contributed by atoms with Crippen molar-refractivity contribution in [1.82, 2.24) is 4.98 Å². The van der Waals surface area contributed by atoms with Gasteiger partial charge in [0.25, 0.3) is 0 Å². The fourth-order valence-corrected chi connectivity index (χ4v) is 4.69. The molecular weight excluding hydrogens is 404 g/mol. The number of nitrogens with one attached hydrogen (secondary N) is 1. The largest absolute Gasteiger partial charge is 0.462 e. The Balaban J connectivity index is 1.91. The lowest BCUT2D eigenvalue weighted by atomic mass is 9.77. The molecule has 0 aliphatic rings. The molecule has 156 valence electrons. The second kappa shape index (κ2) is 9.14. The van der Waals surface area contributed by atoms with Crippen LogP contribution in [0.15, 0.2) is 91.0 Å². The second-order valence-electron chi connectivity index (χ2n) is 7.13. The molecule has 0 bridgehead atoms. The van der Waals surface area contributed by atoms with E-state index in [4.69, 9.17) is 4.74 Å². The summed E-state index contributed by atoms with van der Waals surface area (Å²) in [5.74, 6) is -0.338. The topological polar surface area (TPSA) is 51.2 Å². The minimum atomic E-state index is -0.681. The summed E-state index contributed by atoms with van der Waals surface area (Å²) in [6, 6.07) is 30.9. The van der Waals surface area contributed by atoms with E-state index >= 15 is 0 Å². The van der Waals surface area contributed by atoms with Gasteiger partial charge in [-0.25, -0.2) is 9.78 Å². The number of ether oxygens (including phenoxy) is 1. The first-order valence-corrected chi connectivity index (χ1v) is 11.1. The first kappa shape index (κ1) is 20.8. The molecule has 0 saturated heterocycles. The molecule has 0 amide bonds. The van der Waals surface area contributed by atoms with Crippen LogP contribution in [-0.2, 0) is 10.3 Å². The van der Waals surface area contributed by atoms with Crippen molar-refractivity contribution in [2.24, 2.45) is 0 Å². The molecule has 4 rings (SSSR count). The monoisotopic (exact) mass is 428 g/mol. The lowest BCUT2D eigenvalue weighted by Crippen LogP contribution is -2.38. The summed E-state index contributed by atoms with van der Waals surface area (Å²) in [7, 11) is 0. The first-order chi connectivity index (χ1) is 15.1. The predicted octanol–water partition coefficient (Wildman–Crippen LogP) is 6.03. The molecule has 0 saturated carbocycles. The van der Waals surface area contributed by atoms with Crippen LogP contribution in [0.4, 0.5) is 5.13 Å². The Morgan fingerprint density at radius 3 is 1.74 bits per heavy atom. The number of nitrogens with zero attached hydrogens (tertiary/aromatic N) is 1. The average Bonchev–Trinajstić information content (AvgIpc) is 3.19. The molecule has 31 heavy (non-hydrogen) atoms. The lowest BCUT2D eigenvalue weighted by molar-refractivity contribution is 0.0531. The van der Waals surface area contributed by atoms with E-state index in [-0.39, 0.29) is 5.97 Å². The molecule has 0 fully saturated rings. The van der Waals surface area contributed by atoms with Crippen molar-refractivity contribution >= 4 is 22.4 Å². The van der Waals surface area contributed by atoms with Gasteiger partial charge < -0.3 is 10.1 Å². The Morgan fingerprint density at radius 1 is 0.871 bits per heavy atom. The summed E-state index contributed by atoms with van der Waals surface area (Å²) in [6.45, 7) is 3.97. The van der Waals surface area contributed by atoms with Crippen molar-refractivity contribution in [3.05, 3.63) is 118 Å². The van der Waals surface area contributed by atoms with E-state index in [2.05, 4.69) is 46.7 Å². The number of thiazole rings is 1. The second-order valence-corrected chi connectivity index (χ2v) is 8.13. The van der Waals surface area contributed by atoms with E-state index < -0.39 is 5.54 Å². The molecular formula is C26H24N2O2S. The average molecular weight is 429 g/mol. The number of carbonyl (C=O) groups is 1. The molecule has 0 radical (unpaired) electrons. The third-order valence-corrected chi connectivity index (χ3v) is 6.23. The van der Waals surface area contributed by atoms with Gasteiger partial charge in [-0.3, -0.25) is 0 Å². The Morgan fingerprint density at radius 2 is 1.32 bits per heavy atom. The summed E-state index contributed by atoms with van der Waals surface area (Å²) in [4.78, 5) is 17.6. The van der Waals surface area contributed by atoms with Gasteiger partial charge in [-0.05, 0) is 30.5 Å². The highest BCUT2D eigenvalue weighted by molar-refractivity contribution is 7.17. The first-order valence-electron chi connectivity index (χ1n) is 10.2. The third-order valence-electron chi connectivity index (χ3n) is 5.17. The van der Waals surface area contributed by atoms with Crippen molar-refractivity contribution in [3.8, 4) is 0 Å². The van der Waals surface area contributed by atoms with E-state index in [1.165, 1.54) is 11.3 Å². The zero-order chi connectivity index (χ0) is 21.7. The Labute approximate surface area is 186 Å². The highest BCUT2D eigenvalue weighted by Crippen LogP contribution is 2.41. The minimum absolute atomic E-state index is 0.334. The van der Waals surface area contributed by atoms with Gasteiger partial charge >= 0.3 is 5.97 Å². The van der Waals surface area contributed by atoms with E-state index in [1.54, 1.807) is 6.92 Å². The summed E-state index contributed by atoms with van der Waals surface area (Å²) in [5.41, 5.74) is 3.22. The van der Waals surface area contributed by atoms with Crippen LogP contribution in [0.25, 0.3) is 0 Å². The van der Waals surface area contributed by atoms with Crippen molar-refractivity contribution in [2.45, 2.75) is 19.4 Å². The van der Waals surface area contributed by atoms with Crippen LogP contribution in [0.2, 0.25) is 0 Å². The molecule has 0 atom stereocenters. The lowest BCUT2D eigenvalue weighted by Gasteiger charge is -2.36. The minimum Gasteiger partial charge on any atom is -0.462 e. The number of esters is 1. The van der Waals surface area contributed by atoms with Gasteiger partial charge in [-0.1, -0.05) is 102 Å². The van der Waals surface area contributed by atoms with Gasteiger partial charge in [0.05, 0.1) is 12.3 Å². The number of anilines is 1. The molecule has 3 aromatic carbocycles. The maximum absolute atomic E-state index is 12.4. The molecule has 1 aromatic heterocycles. The number of carbonyl (C=O) groups excluding carboxylic acids is 1. The zero-order valence-corrected chi connectivity index (χ0v) is 18.4. The van der Waals surface area contributed by atoms with Crippen LogP contribution in [0.3, 0.4) is 0 Å². The van der Waals surface area contributed by atoms with Crippen molar-refractivity contribution in [2.75, 3.05) is 11.9 Å². The van der Waals surface area contributed by atoms with Gasteiger partial charge in [-0.2, -0.15) is 0 Å². The molecule has 1 heterocycles. The fraction of sp³-hybridized carbons (Fsp3) is 0.154. The number of rotatable bonds is 7. The number of aryl methyl sites for hydroxylation is 1. The molecule has 0 aliphatic heterocycles. The summed E-state index contributed by atoms with van der Waals surface area (Å²) >= 11 is 1.32. The molecule has 0 aliphatic carbocycles. The number of benzene rings is 3. The van der Waals surface area contributed by atoms with E-state index in [1.807, 2.05) is 61.5 Å². The molecule has 5 heteroatoms. The van der Waals surface area contributed by atoms with E-state index in [9.17, 15) is 4.79 Å². The van der Waals surface area contributed by atoms with Gasteiger partial charge in [0, 0.05) is 0 Å². The predicted molar refractivity (Wildman–Crippen MR) is 126 cm³/mol. The van der Waals surface area contributed by atoms with Crippen molar-refractivity contribution in [3.63, 3.8) is 0 Å². The molecule has 4 aromatic rings. The zero-order valence-electron chi connectivity index (χ0n) is 17.5. The molecule has 0 unspecified atom stereocenters. The highest BCUT2D eigenvalue weighted by atomic mass is 32.1. The van der Waals surface area contributed by atoms with Crippen LogP contribution >= 0.6 is 11.3 Å². The number of hydrogen-bond donors (Lipinski definition) is 1. The van der Waals surface area contributed by atoms with E-state index in [0.717, 1.165) is 16.7 Å². The smallest absolute Gasteiger partial charge is 0.350 e. The van der Waals surface area contributed by atoms with Crippen LogP contribution in [0.5, 0.6) is 0 Å². The summed E-state index contributed by atoms with van der Waals surface area (Å²) in [6.07, 6.45) is 0. The van der Waals surface area contributed by atoms with Gasteiger partial charge in [0.1, 0.15) is 10.4 Å². The highest BCUT2D eigenvalue weighted by Gasteiger charge is 2.37. The number of hydrogen-bond acceptors (Lipinski definition) is 5. The Kier molecular flexibility index (Phi) is 6.14.